The van der Waals surface area contributed by atoms with Gasteiger partial charge in [-0.25, -0.2) is 4.79 Å². The van der Waals surface area contributed by atoms with E-state index in [9.17, 15) is 18.0 Å². The first kappa shape index (κ1) is 16.7. The Labute approximate surface area is 129 Å². The molecule has 0 aliphatic carbocycles. The molecular formula is C14H16F3N5O. The standard InChI is InChI=1S/C14H16F3N5O/c1-7(10(19)6-18)22-11-5-8(14(15,16)17)3-4-9(11)12(20-2)21-13(22)23/h3-7H,18-19H2,1-2H3,(H,20,21,23)/b10-6-. The van der Waals surface area contributed by atoms with Gasteiger partial charge in [-0.05, 0) is 25.1 Å². The SMILES string of the molecule is CNc1nc(=O)n(C(C)/C(N)=C/N)c2cc(C(F)(F)F)ccc12. The van der Waals surface area contributed by atoms with E-state index >= 15 is 0 Å². The van der Waals surface area contributed by atoms with Crippen molar-refractivity contribution in [3.63, 3.8) is 0 Å². The summed E-state index contributed by atoms with van der Waals surface area (Å²) < 4.78 is 40.0. The van der Waals surface area contributed by atoms with Crippen LogP contribution < -0.4 is 22.5 Å². The molecule has 0 saturated heterocycles. The highest BCUT2D eigenvalue weighted by Crippen LogP contribution is 2.33. The maximum atomic E-state index is 13.0. The molecule has 0 radical (unpaired) electrons. The van der Waals surface area contributed by atoms with Crippen LogP contribution in [0, 0.1) is 0 Å². The van der Waals surface area contributed by atoms with Crippen molar-refractivity contribution in [2.75, 3.05) is 12.4 Å². The number of hydrogen-bond donors (Lipinski definition) is 3. The third-order valence-electron chi connectivity index (χ3n) is 3.55. The van der Waals surface area contributed by atoms with Gasteiger partial charge in [-0.15, -0.1) is 0 Å². The fourth-order valence-electron chi connectivity index (χ4n) is 2.27. The van der Waals surface area contributed by atoms with Gasteiger partial charge in [0.2, 0.25) is 0 Å². The Bertz CT molecular complexity index is 825. The molecule has 1 aromatic carbocycles. The maximum absolute atomic E-state index is 13.0. The first-order chi connectivity index (χ1) is 10.7. The summed E-state index contributed by atoms with van der Waals surface area (Å²) in [5.74, 6) is 0.192. The fourth-order valence-corrected chi connectivity index (χ4v) is 2.27. The molecule has 0 amide bonds. The number of nitrogens with zero attached hydrogens (tertiary/aromatic N) is 2. The van der Waals surface area contributed by atoms with Crippen LogP contribution in [0.3, 0.4) is 0 Å². The quantitative estimate of drug-likeness (QED) is 0.798. The van der Waals surface area contributed by atoms with Crippen molar-refractivity contribution in [2.24, 2.45) is 11.5 Å². The molecule has 2 rings (SSSR count). The summed E-state index contributed by atoms with van der Waals surface area (Å²) in [5.41, 5.74) is 9.68. The number of aromatic nitrogens is 2. The molecule has 9 heteroatoms. The Morgan fingerprint density at radius 1 is 1.43 bits per heavy atom. The molecule has 6 nitrogen and oxygen atoms in total. The summed E-state index contributed by atoms with van der Waals surface area (Å²) in [7, 11) is 1.53. The topological polar surface area (TPSA) is 99.0 Å². The summed E-state index contributed by atoms with van der Waals surface area (Å²) in [6.45, 7) is 1.56. The minimum absolute atomic E-state index is 0.0708. The van der Waals surface area contributed by atoms with E-state index in [1.807, 2.05) is 0 Å². The van der Waals surface area contributed by atoms with E-state index in [1.54, 1.807) is 6.92 Å². The summed E-state index contributed by atoms with van der Waals surface area (Å²) in [6, 6.07) is 2.37. The van der Waals surface area contributed by atoms with Crippen LogP contribution >= 0.6 is 0 Å². The molecule has 0 aliphatic heterocycles. The van der Waals surface area contributed by atoms with Crippen LogP contribution in [0.1, 0.15) is 18.5 Å². The van der Waals surface area contributed by atoms with E-state index in [4.69, 9.17) is 11.5 Å². The van der Waals surface area contributed by atoms with E-state index in [0.29, 0.717) is 5.39 Å². The monoisotopic (exact) mass is 327 g/mol. The fraction of sp³-hybridized carbons (Fsp3) is 0.286. The molecule has 2 aromatic rings. The first-order valence-electron chi connectivity index (χ1n) is 6.69. The van der Waals surface area contributed by atoms with Crippen LogP contribution in [0.15, 0.2) is 34.9 Å². The molecule has 23 heavy (non-hydrogen) atoms. The number of halogens is 3. The molecule has 0 spiro atoms. The lowest BCUT2D eigenvalue weighted by molar-refractivity contribution is -0.137. The third-order valence-corrected chi connectivity index (χ3v) is 3.55. The number of rotatable bonds is 3. The van der Waals surface area contributed by atoms with E-state index in [1.165, 1.54) is 13.1 Å². The zero-order valence-corrected chi connectivity index (χ0v) is 12.5. The highest BCUT2D eigenvalue weighted by atomic mass is 19.4. The number of benzene rings is 1. The molecule has 0 fully saturated rings. The smallest absolute Gasteiger partial charge is 0.403 e. The van der Waals surface area contributed by atoms with Gasteiger partial charge in [0.1, 0.15) is 5.82 Å². The van der Waals surface area contributed by atoms with Crippen molar-refractivity contribution >= 4 is 16.7 Å². The van der Waals surface area contributed by atoms with E-state index < -0.39 is 23.5 Å². The van der Waals surface area contributed by atoms with Gasteiger partial charge in [-0.3, -0.25) is 4.57 Å². The number of allylic oxidation sites excluding steroid dienone is 1. The van der Waals surface area contributed by atoms with Crippen LogP contribution in [-0.2, 0) is 6.18 Å². The van der Waals surface area contributed by atoms with Gasteiger partial charge in [0, 0.05) is 24.3 Å². The summed E-state index contributed by atoms with van der Waals surface area (Å²) in [6.07, 6.45) is -3.43. The average molecular weight is 327 g/mol. The molecule has 5 N–H and O–H groups in total. The van der Waals surface area contributed by atoms with E-state index in [2.05, 4.69) is 10.3 Å². The van der Waals surface area contributed by atoms with Gasteiger partial charge in [0.05, 0.1) is 17.1 Å². The second kappa shape index (κ2) is 5.82. The maximum Gasteiger partial charge on any atom is 0.416 e. The predicted octanol–water partition coefficient (Wildman–Crippen LogP) is 1.78. The van der Waals surface area contributed by atoms with Crippen molar-refractivity contribution in [2.45, 2.75) is 19.1 Å². The number of fused-ring (bicyclic) bond motifs is 1. The Hall–Kier alpha value is -2.71. The molecular weight excluding hydrogens is 311 g/mol. The van der Waals surface area contributed by atoms with Gasteiger partial charge < -0.3 is 16.8 Å². The van der Waals surface area contributed by atoms with Crippen LogP contribution in [0.25, 0.3) is 10.9 Å². The molecule has 1 unspecified atom stereocenters. The Morgan fingerprint density at radius 2 is 2.09 bits per heavy atom. The van der Waals surface area contributed by atoms with Crippen molar-refractivity contribution in [3.05, 3.63) is 46.1 Å². The van der Waals surface area contributed by atoms with Gasteiger partial charge in [-0.1, -0.05) is 0 Å². The minimum Gasteiger partial charge on any atom is -0.403 e. The molecule has 0 saturated carbocycles. The van der Waals surface area contributed by atoms with Crippen LogP contribution in [0.5, 0.6) is 0 Å². The zero-order valence-electron chi connectivity index (χ0n) is 12.5. The Balaban J connectivity index is 2.89. The van der Waals surface area contributed by atoms with Crippen molar-refractivity contribution in [1.29, 1.82) is 0 Å². The number of nitrogens with one attached hydrogen (secondary N) is 1. The van der Waals surface area contributed by atoms with Gasteiger partial charge in [0.15, 0.2) is 0 Å². The lowest BCUT2D eigenvalue weighted by Gasteiger charge is -2.19. The lowest BCUT2D eigenvalue weighted by Crippen LogP contribution is -2.30. The van der Waals surface area contributed by atoms with Crippen LogP contribution in [0.2, 0.25) is 0 Å². The number of alkyl halides is 3. The van der Waals surface area contributed by atoms with E-state index in [-0.39, 0.29) is 17.0 Å². The lowest BCUT2D eigenvalue weighted by atomic mass is 10.1. The van der Waals surface area contributed by atoms with E-state index in [0.717, 1.165) is 22.9 Å². The van der Waals surface area contributed by atoms with Gasteiger partial charge in [0.25, 0.3) is 0 Å². The van der Waals surface area contributed by atoms with Crippen molar-refractivity contribution < 1.29 is 13.2 Å². The van der Waals surface area contributed by atoms with Crippen molar-refractivity contribution in [1.82, 2.24) is 9.55 Å². The summed E-state index contributed by atoms with van der Waals surface area (Å²) in [4.78, 5) is 16.1. The Kier molecular flexibility index (Phi) is 4.22. The molecule has 1 aromatic heterocycles. The van der Waals surface area contributed by atoms with Crippen LogP contribution in [-0.4, -0.2) is 16.6 Å². The molecule has 124 valence electrons. The molecule has 1 atom stereocenters. The second-order valence-electron chi connectivity index (χ2n) is 4.94. The average Bonchev–Trinajstić information content (AvgIpc) is 2.51. The molecule has 1 heterocycles. The highest BCUT2D eigenvalue weighted by molar-refractivity contribution is 5.90. The predicted molar refractivity (Wildman–Crippen MR) is 81.7 cm³/mol. The first-order valence-corrected chi connectivity index (χ1v) is 6.69. The summed E-state index contributed by atoms with van der Waals surface area (Å²) >= 11 is 0. The Morgan fingerprint density at radius 3 is 2.61 bits per heavy atom. The number of anilines is 1. The molecule has 0 bridgehead atoms. The van der Waals surface area contributed by atoms with Crippen molar-refractivity contribution in [3.8, 4) is 0 Å². The number of hydrogen-bond acceptors (Lipinski definition) is 5. The number of nitrogens with two attached hydrogens (primary N) is 2. The largest absolute Gasteiger partial charge is 0.416 e. The summed E-state index contributed by atoms with van der Waals surface area (Å²) in [5, 5.41) is 3.07. The normalized spacial score (nSPS) is 14.0. The second-order valence-corrected chi connectivity index (χ2v) is 4.94. The minimum atomic E-state index is -4.53. The zero-order chi connectivity index (χ0) is 17.4. The van der Waals surface area contributed by atoms with Gasteiger partial charge >= 0.3 is 11.9 Å². The molecule has 0 aliphatic rings. The highest BCUT2D eigenvalue weighted by Gasteiger charge is 2.31. The van der Waals surface area contributed by atoms with Crippen LogP contribution in [0.4, 0.5) is 19.0 Å². The van der Waals surface area contributed by atoms with Gasteiger partial charge in [-0.2, -0.15) is 18.2 Å². The third kappa shape index (κ3) is 2.94.